The SMILES string of the molecule is CCNC(c1cnns1)C(C)(C)C. The van der Waals surface area contributed by atoms with Crippen LogP contribution in [0.25, 0.3) is 0 Å². The van der Waals surface area contributed by atoms with Crippen molar-refractivity contribution in [2.24, 2.45) is 5.41 Å². The van der Waals surface area contributed by atoms with Gasteiger partial charge in [0.15, 0.2) is 0 Å². The van der Waals surface area contributed by atoms with Crippen LogP contribution in [0.3, 0.4) is 0 Å². The molecule has 0 aliphatic heterocycles. The van der Waals surface area contributed by atoms with E-state index < -0.39 is 0 Å². The molecule has 0 aromatic carbocycles. The van der Waals surface area contributed by atoms with E-state index in [0.717, 1.165) is 6.54 Å². The van der Waals surface area contributed by atoms with Gasteiger partial charge in [0.05, 0.1) is 11.1 Å². The maximum absolute atomic E-state index is 3.89. The van der Waals surface area contributed by atoms with Crippen molar-refractivity contribution >= 4 is 11.5 Å². The lowest BCUT2D eigenvalue weighted by Gasteiger charge is -2.29. The van der Waals surface area contributed by atoms with Gasteiger partial charge in [-0.2, -0.15) is 0 Å². The fourth-order valence-corrected chi connectivity index (χ4v) is 2.16. The zero-order chi connectivity index (χ0) is 9.90. The van der Waals surface area contributed by atoms with Crippen LogP contribution in [0.15, 0.2) is 6.20 Å². The van der Waals surface area contributed by atoms with Gasteiger partial charge in [0.1, 0.15) is 0 Å². The molecule has 0 radical (unpaired) electrons. The van der Waals surface area contributed by atoms with E-state index in [1.165, 1.54) is 16.4 Å². The van der Waals surface area contributed by atoms with E-state index in [-0.39, 0.29) is 5.41 Å². The molecule has 74 valence electrons. The van der Waals surface area contributed by atoms with Crippen LogP contribution in [0.4, 0.5) is 0 Å². The highest BCUT2D eigenvalue weighted by molar-refractivity contribution is 7.05. The van der Waals surface area contributed by atoms with Gasteiger partial charge in [-0.3, -0.25) is 0 Å². The molecule has 1 rings (SSSR count). The van der Waals surface area contributed by atoms with Crippen LogP contribution in [0, 0.1) is 5.41 Å². The smallest absolute Gasteiger partial charge is 0.0669 e. The van der Waals surface area contributed by atoms with E-state index in [0.29, 0.717) is 6.04 Å². The lowest BCUT2D eigenvalue weighted by atomic mass is 9.86. The number of nitrogens with one attached hydrogen (secondary N) is 1. The van der Waals surface area contributed by atoms with Gasteiger partial charge in [-0.25, -0.2) is 0 Å². The quantitative estimate of drug-likeness (QED) is 0.811. The summed E-state index contributed by atoms with van der Waals surface area (Å²) in [4.78, 5) is 1.22. The molecule has 1 atom stereocenters. The molecule has 0 aliphatic rings. The third-order valence-electron chi connectivity index (χ3n) is 1.94. The molecule has 0 fully saturated rings. The van der Waals surface area contributed by atoms with Gasteiger partial charge in [-0.1, -0.05) is 32.2 Å². The number of hydrogen-bond acceptors (Lipinski definition) is 4. The number of rotatable bonds is 3. The molecular formula is C9H17N3S. The number of hydrogen-bond donors (Lipinski definition) is 1. The summed E-state index contributed by atoms with van der Waals surface area (Å²) in [5.74, 6) is 0. The second kappa shape index (κ2) is 4.15. The van der Waals surface area contributed by atoms with Gasteiger partial charge >= 0.3 is 0 Å². The van der Waals surface area contributed by atoms with E-state index in [1.807, 2.05) is 6.20 Å². The summed E-state index contributed by atoms with van der Waals surface area (Å²) < 4.78 is 3.89. The summed E-state index contributed by atoms with van der Waals surface area (Å²) >= 11 is 1.47. The van der Waals surface area contributed by atoms with Crippen molar-refractivity contribution in [3.05, 3.63) is 11.1 Å². The van der Waals surface area contributed by atoms with Crippen LogP contribution < -0.4 is 5.32 Å². The van der Waals surface area contributed by atoms with Crippen molar-refractivity contribution in [2.75, 3.05) is 6.54 Å². The second-order valence-corrected chi connectivity index (χ2v) is 4.99. The number of nitrogens with zero attached hydrogens (tertiary/aromatic N) is 2. The van der Waals surface area contributed by atoms with Gasteiger partial charge in [0.25, 0.3) is 0 Å². The highest BCUT2D eigenvalue weighted by Crippen LogP contribution is 2.33. The fourth-order valence-electron chi connectivity index (χ4n) is 1.34. The first kappa shape index (κ1) is 10.6. The first-order valence-corrected chi connectivity index (χ1v) is 5.33. The zero-order valence-electron chi connectivity index (χ0n) is 8.66. The summed E-state index contributed by atoms with van der Waals surface area (Å²) in [5.41, 5.74) is 0.213. The first-order chi connectivity index (χ1) is 6.05. The Morgan fingerprint density at radius 1 is 1.54 bits per heavy atom. The maximum Gasteiger partial charge on any atom is 0.0669 e. The minimum Gasteiger partial charge on any atom is -0.309 e. The largest absolute Gasteiger partial charge is 0.309 e. The second-order valence-electron chi connectivity index (χ2n) is 4.18. The lowest BCUT2D eigenvalue weighted by Crippen LogP contribution is -2.31. The van der Waals surface area contributed by atoms with E-state index in [1.54, 1.807) is 0 Å². The van der Waals surface area contributed by atoms with Gasteiger partial charge in [0.2, 0.25) is 0 Å². The van der Waals surface area contributed by atoms with Crippen molar-refractivity contribution in [1.82, 2.24) is 14.9 Å². The van der Waals surface area contributed by atoms with E-state index in [9.17, 15) is 0 Å². The zero-order valence-corrected chi connectivity index (χ0v) is 9.48. The minimum absolute atomic E-state index is 0.213. The normalized spacial score (nSPS) is 14.5. The summed E-state index contributed by atoms with van der Waals surface area (Å²) in [7, 11) is 0. The van der Waals surface area contributed by atoms with Crippen molar-refractivity contribution in [3.63, 3.8) is 0 Å². The minimum atomic E-state index is 0.213. The van der Waals surface area contributed by atoms with Crippen molar-refractivity contribution in [2.45, 2.75) is 33.7 Å². The van der Waals surface area contributed by atoms with E-state index >= 15 is 0 Å². The Bertz CT molecular complexity index is 238. The van der Waals surface area contributed by atoms with E-state index in [2.05, 4.69) is 42.6 Å². The molecule has 1 aromatic heterocycles. The lowest BCUT2D eigenvalue weighted by molar-refractivity contribution is 0.280. The van der Waals surface area contributed by atoms with Crippen molar-refractivity contribution in [3.8, 4) is 0 Å². The molecule has 0 saturated heterocycles. The molecule has 0 aliphatic carbocycles. The molecule has 0 spiro atoms. The summed E-state index contributed by atoms with van der Waals surface area (Å²) in [5, 5.41) is 7.32. The van der Waals surface area contributed by atoms with Crippen molar-refractivity contribution < 1.29 is 0 Å². The van der Waals surface area contributed by atoms with Gasteiger partial charge < -0.3 is 5.32 Å². The van der Waals surface area contributed by atoms with Crippen LogP contribution in [0.1, 0.15) is 38.6 Å². The van der Waals surface area contributed by atoms with E-state index in [4.69, 9.17) is 0 Å². The van der Waals surface area contributed by atoms with Crippen LogP contribution >= 0.6 is 11.5 Å². The summed E-state index contributed by atoms with van der Waals surface area (Å²) in [6.45, 7) is 9.76. The molecule has 4 heteroatoms. The molecule has 1 heterocycles. The summed E-state index contributed by atoms with van der Waals surface area (Å²) in [6.07, 6.45) is 1.85. The average molecular weight is 199 g/mol. The maximum atomic E-state index is 3.89. The molecule has 1 unspecified atom stereocenters. The van der Waals surface area contributed by atoms with Gasteiger partial charge in [0, 0.05) is 6.04 Å². The first-order valence-electron chi connectivity index (χ1n) is 4.56. The average Bonchev–Trinajstić information content (AvgIpc) is 2.49. The Hall–Kier alpha value is -0.480. The predicted octanol–water partition coefficient (Wildman–Crippen LogP) is 2.23. The van der Waals surface area contributed by atoms with Crippen LogP contribution in [0.5, 0.6) is 0 Å². The third-order valence-corrected chi connectivity index (χ3v) is 2.67. The van der Waals surface area contributed by atoms with Crippen molar-refractivity contribution in [1.29, 1.82) is 0 Å². The molecule has 1 N–H and O–H groups in total. The molecule has 0 saturated carbocycles. The molecule has 0 bridgehead atoms. The topological polar surface area (TPSA) is 37.8 Å². The van der Waals surface area contributed by atoms with Crippen LogP contribution in [-0.4, -0.2) is 16.1 Å². The molecule has 3 nitrogen and oxygen atoms in total. The van der Waals surface area contributed by atoms with Crippen LogP contribution in [-0.2, 0) is 0 Å². The molecule has 1 aromatic rings. The van der Waals surface area contributed by atoms with Gasteiger partial charge in [-0.05, 0) is 23.5 Å². The Morgan fingerprint density at radius 2 is 2.23 bits per heavy atom. The Kier molecular flexibility index (Phi) is 3.39. The standard InChI is InChI=1S/C9H17N3S/c1-5-10-8(9(2,3)4)7-6-11-12-13-7/h6,8,10H,5H2,1-4H3. The monoisotopic (exact) mass is 199 g/mol. The highest BCUT2D eigenvalue weighted by atomic mass is 32.1. The summed E-state index contributed by atoms with van der Waals surface area (Å²) in [6, 6.07) is 0.359. The predicted molar refractivity (Wildman–Crippen MR) is 55.8 cm³/mol. The van der Waals surface area contributed by atoms with Gasteiger partial charge in [-0.15, -0.1) is 5.10 Å². The number of aromatic nitrogens is 2. The molecule has 13 heavy (non-hydrogen) atoms. The Balaban J connectivity index is 2.81. The highest BCUT2D eigenvalue weighted by Gasteiger charge is 2.26. The Morgan fingerprint density at radius 3 is 2.62 bits per heavy atom. The Labute approximate surface area is 83.7 Å². The molecule has 0 amide bonds. The molecular weight excluding hydrogens is 182 g/mol. The third kappa shape index (κ3) is 2.74. The fraction of sp³-hybridized carbons (Fsp3) is 0.778. The van der Waals surface area contributed by atoms with Crippen LogP contribution in [0.2, 0.25) is 0 Å².